The van der Waals surface area contributed by atoms with Crippen LogP contribution in [0.1, 0.15) is 49.7 Å². The number of hydrogen-bond donors (Lipinski definition) is 1. The highest BCUT2D eigenvalue weighted by Gasteiger charge is 2.26. The number of carbonyl (C=O) groups excluding carboxylic acids is 2. The molecule has 1 atom stereocenters. The van der Waals surface area contributed by atoms with Crippen molar-refractivity contribution >= 4 is 28.8 Å². The minimum absolute atomic E-state index is 0.0161. The molecule has 3 heterocycles. The van der Waals surface area contributed by atoms with Crippen molar-refractivity contribution in [2.45, 2.75) is 40.3 Å². The molecule has 9 nitrogen and oxygen atoms in total. The van der Waals surface area contributed by atoms with Crippen molar-refractivity contribution in [3.8, 4) is 0 Å². The Morgan fingerprint density at radius 2 is 1.82 bits per heavy atom. The second kappa shape index (κ2) is 10.7. The Morgan fingerprint density at radius 1 is 1.13 bits per heavy atom. The minimum atomic E-state index is -0.621. The van der Waals surface area contributed by atoms with Gasteiger partial charge >= 0.3 is 0 Å². The third-order valence-corrected chi connectivity index (χ3v) is 6.48. The summed E-state index contributed by atoms with van der Waals surface area (Å²) in [5.74, 6) is -0.896. The summed E-state index contributed by atoms with van der Waals surface area (Å²) in [6, 6.07) is 7.35. The van der Waals surface area contributed by atoms with Crippen molar-refractivity contribution < 1.29 is 14.0 Å². The molecule has 3 aromatic rings. The molecule has 0 spiro atoms. The highest BCUT2D eigenvalue weighted by atomic mass is 19.1. The van der Waals surface area contributed by atoms with Crippen molar-refractivity contribution in [2.24, 2.45) is 5.41 Å². The van der Waals surface area contributed by atoms with E-state index < -0.39 is 11.7 Å². The molecule has 10 heteroatoms. The number of rotatable bonds is 6. The van der Waals surface area contributed by atoms with Crippen molar-refractivity contribution in [3.05, 3.63) is 76.5 Å². The van der Waals surface area contributed by atoms with Crippen LogP contribution in [0.2, 0.25) is 0 Å². The number of amides is 2. The number of aromatic nitrogens is 3. The van der Waals surface area contributed by atoms with Gasteiger partial charge in [-0.25, -0.2) is 9.37 Å². The van der Waals surface area contributed by atoms with Crippen LogP contribution in [0, 0.1) is 11.2 Å². The number of benzene rings is 1. The van der Waals surface area contributed by atoms with Crippen LogP contribution in [-0.4, -0.2) is 62.3 Å². The van der Waals surface area contributed by atoms with Gasteiger partial charge in [0.15, 0.2) is 0 Å². The van der Waals surface area contributed by atoms with Gasteiger partial charge in [0.25, 0.3) is 11.5 Å². The highest BCUT2D eigenvalue weighted by Crippen LogP contribution is 2.23. The zero-order valence-electron chi connectivity index (χ0n) is 22.2. The lowest BCUT2D eigenvalue weighted by molar-refractivity contribution is -0.127. The monoisotopic (exact) mass is 520 g/mol. The lowest BCUT2D eigenvalue weighted by Gasteiger charge is -2.34. The quantitative estimate of drug-likeness (QED) is 0.499. The fourth-order valence-electron chi connectivity index (χ4n) is 4.45. The highest BCUT2D eigenvalue weighted by molar-refractivity contribution is 5.95. The largest absolute Gasteiger partial charge is 0.348 e. The van der Waals surface area contributed by atoms with E-state index in [1.807, 2.05) is 27.7 Å². The van der Waals surface area contributed by atoms with Crippen molar-refractivity contribution in [1.82, 2.24) is 24.3 Å². The topological polar surface area (TPSA) is 100 Å². The normalized spacial score (nSPS) is 14.9. The van der Waals surface area contributed by atoms with E-state index in [9.17, 15) is 14.4 Å². The molecule has 0 bridgehead atoms. The van der Waals surface area contributed by atoms with Gasteiger partial charge in [0.1, 0.15) is 11.5 Å². The van der Waals surface area contributed by atoms with Gasteiger partial charge in [-0.05, 0) is 42.2 Å². The van der Waals surface area contributed by atoms with Gasteiger partial charge in [0.2, 0.25) is 11.9 Å². The summed E-state index contributed by atoms with van der Waals surface area (Å²) >= 11 is 0. The van der Waals surface area contributed by atoms with E-state index in [0.29, 0.717) is 49.9 Å². The third kappa shape index (κ3) is 5.90. The van der Waals surface area contributed by atoms with Gasteiger partial charge < -0.3 is 15.1 Å². The third-order valence-electron chi connectivity index (χ3n) is 6.48. The standard InChI is InChI=1S/C28H33FN6O3/c1-6-23(36)33-11-13-34(14-12-33)26(38)21-9-7-19(15-22(21)29)18(2)31-27-30-16-20-8-10-24(37)35(25(20)32-27)17-28(3,4)5/h6-10,15-16,18H,1,11-14,17H2,2-5H3,(H,30,31,32)/t18-/m0/s1. The molecule has 1 aliphatic heterocycles. The first-order valence-electron chi connectivity index (χ1n) is 12.6. The molecule has 2 aromatic heterocycles. The Kier molecular flexibility index (Phi) is 7.61. The molecule has 0 unspecified atom stereocenters. The molecule has 1 N–H and O–H groups in total. The number of nitrogens with zero attached hydrogens (tertiary/aromatic N) is 5. The van der Waals surface area contributed by atoms with Crippen LogP contribution in [0.15, 0.2) is 54.0 Å². The number of halogens is 1. The van der Waals surface area contributed by atoms with Crippen LogP contribution in [0.4, 0.5) is 10.3 Å². The molecule has 1 aromatic carbocycles. The Hall–Kier alpha value is -4.08. The van der Waals surface area contributed by atoms with Crippen LogP contribution in [0.25, 0.3) is 11.0 Å². The SMILES string of the molecule is C=CC(=O)N1CCN(C(=O)c2ccc([C@H](C)Nc3ncc4ccc(=O)n(CC(C)(C)C)c4n3)cc2F)CC1. The molecule has 38 heavy (non-hydrogen) atoms. The molecule has 2 amide bonds. The predicted octanol–water partition coefficient (Wildman–Crippen LogP) is 3.62. The molecule has 0 radical (unpaired) electrons. The van der Waals surface area contributed by atoms with E-state index in [1.54, 1.807) is 32.7 Å². The Bertz CT molecular complexity index is 1440. The Balaban J connectivity index is 1.49. The maximum Gasteiger partial charge on any atom is 0.256 e. The smallest absolute Gasteiger partial charge is 0.256 e. The number of nitrogens with one attached hydrogen (secondary N) is 1. The number of piperazine rings is 1. The summed E-state index contributed by atoms with van der Waals surface area (Å²) in [6.45, 7) is 13.4. The molecule has 200 valence electrons. The predicted molar refractivity (Wildman–Crippen MR) is 144 cm³/mol. The zero-order chi connectivity index (χ0) is 27.6. The van der Waals surface area contributed by atoms with Gasteiger partial charge in [0, 0.05) is 50.4 Å². The Labute approximate surface area is 221 Å². The second-order valence-corrected chi connectivity index (χ2v) is 10.7. The molecular formula is C28H33FN6O3. The van der Waals surface area contributed by atoms with E-state index in [-0.39, 0.29) is 28.5 Å². The first kappa shape index (κ1) is 27.0. The van der Waals surface area contributed by atoms with Crippen molar-refractivity contribution in [3.63, 3.8) is 0 Å². The zero-order valence-corrected chi connectivity index (χ0v) is 22.2. The number of pyridine rings is 1. The molecular weight excluding hydrogens is 487 g/mol. The van der Waals surface area contributed by atoms with Crippen molar-refractivity contribution in [2.75, 3.05) is 31.5 Å². The van der Waals surface area contributed by atoms with Crippen LogP contribution in [0.3, 0.4) is 0 Å². The molecule has 1 saturated heterocycles. The van der Waals surface area contributed by atoms with Gasteiger partial charge in [-0.3, -0.25) is 19.0 Å². The fourth-order valence-corrected chi connectivity index (χ4v) is 4.45. The minimum Gasteiger partial charge on any atom is -0.348 e. The van der Waals surface area contributed by atoms with Gasteiger partial charge in [-0.15, -0.1) is 0 Å². The van der Waals surface area contributed by atoms with E-state index in [0.717, 1.165) is 5.39 Å². The Morgan fingerprint density at radius 3 is 2.45 bits per heavy atom. The number of hydrogen-bond acceptors (Lipinski definition) is 6. The number of fused-ring (bicyclic) bond motifs is 1. The summed E-state index contributed by atoms with van der Waals surface area (Å²) in [7, 11) is 0. The van der Waals surface area contributed by atoms with Gasteiger partial charge in [-0.1, -0.05) is 33.4 Å². The summed E-state index contributed by atoms with van der Waals surface area (Å²) in [5.41, 5.74) is 0.860. The lowest BCUT2D eigenvalue weighted by atomic mass is 9.97. The summed E-state index contributed by atoms with van der Waals surface area (Å²) < 4.78 is 16.7. The number of carbonyl (C=O) groups is 2. The van der Waals surface area contributed by atoms with Gasteiger partial charge in [0.05, 0.1) is 11.6 Å². The van der Waals surface area contributed by atoms with E-state index in [4.69, 9.17) is 0 Å². The molecule has 4 rings (SSSR count). The summed E-state index contributed by atoms with van der Waals surface area (Å²) in [6.07, 6.45) is 2.90. The van der Waals surface area contributed by atoms with E-state index in [1.165, 1.54) is 24.3 Å². The average Bonchev–Trinajstić information content (AvgIpc) is 2.89. The molecule has 1 aliphatic rings. The molecule has 1 fully saturated rings. The van der Waals surface area contributed by atoms with E-state index >= 15 is 4.39 Å². The maximum atomic E-state index is 15.1. The molecule has 0 saturated carbocycles. The molecule has 0 aliphatic carbocycles. The van der Waals surface area contributed by atoms with Crippen LogP contribution in [-0.2, 0) is 11.3 Å². The van der Waals surface area contributed by atoms with E-state index in [2.05, 4.69) is 21.9 Å². The van der Waals surface area contributed by atoms with Gasteiger partial charge in [-0.2, -0.15) is 4.98 Å². The van der Waals surface area contributed by atoms with Crippen LogP contribution < -0.4 is 10.9 Å². The first-order valence-corrected chi connectivity index (χ1v) is 12.6. The summed E-state index contributed by atoms with van der Waals surface area (Å²) in [5, 5.41) is 3.92. The fraction of sp³-hybridized carbons (Fsp3) is 0.393. The van der Waals surface area contributed by atoms with Crippen molar-refractivity contribution in [1.29, 1.82) is 0 Å². The lowest BCUT2D eigenvalue weighted by Crippen LogP contribution is -2.50. The number of anilines is 1. The average molecular weight is 521 g/mol. The van der Waals surface area contributed by atoms with Crippen LogP contribution >= 0.6 is 0 Å². The van der Waals surface area contributed by atoms with Crippen LogP contribution in [0.5, 0.6) is 0 Å². The first-order chi connectivity index (χ1) is 18.0. The maximum absolute atomic E-state index is 15.1. The second-order valence-electron chi connectivity index (χ2n) is 10.7. The summed E-state index contributed by atoms with van der Waals surface area (Å²) in [4.78, 5) is 49.4.